The number of carbonyl (C=O) groups is 1. The highest BCUT2D eigenvalue weighted by Crippen LogP contribution is 2.30. The SMILES string of the molecule is CCOc1cc(C=CC(=O)Nc2n[nH]c(-c3ccccc3OC)n2)ccc1OC(F)F. The first-order valence-corrected chi connectivity index (χ1v) is 9.26. The molecule has 0 aliphatic rings. The van der Waals surface area contributed by atoms with Crippen LogP contribution >= 0.6 is 0 Å². The average Bonchev–Trinajstić information content (AvgIpc) is 3.22. The van der Waals surface area contributed by atoms with Crippen molar-refractivity contribution in [3.63, 3.8) is 0 Å². The fourth-order valence-electron chi connectivity index (χ4n) is 2.69. The Morgan fingerprint density at radius 3 is 2.74 bits per heavy atom. The minimum absolute atomic E-state index is 0.0805. The van der Waals surface area contributed by atoms with Gasteiger partial charge in [-0.1, -0.05) is 18.2 Å². The van der Waals surface area contributed by atoms with Gasteiger partial charge in [0.25, 0.3) is 5.91 Å². The summed E-state index contributed by atoms with van der Waals surface area (Å²) in [4.78, 5) is 16.4. The van der Waals surface area contributed by atoms with Gasteiger partial charge in [-0.3, -0.25) is 15.2 Å². The van der Waals surface area contributed by atoms with Crippen LogP contribution < -0.4 is 19.5 Å². The van der Waals surface area contributed by atoms with Gasteiger partial charge in [0.05, 0.1) is 19.3 Å². The molecular weight excluding hydrogens is 410 g/mol. The maximum atomic E-state index is 12.5. The molecule has 31 heavy (non-hydrogen) atoms. The molecule has 0 bridgehead atoms. The standard InChI is InChI=1S/C21H20F2N4O4/c1-3-30-17-12-13(8-10-16(17)31-20(22)23)9-11-18(28)24-21-25-19(26-27-21)14-6-4-5-7-15(14)29-2/h4-12,20H,3H2,1-2H3,(H2,24,25,26,27,28). The number of carbonyl (C=O) groups excluding carboxylic acids is 1. The minimum Gasteiger partial charge on any atom is -0.496 e. The number of hydrogen-bond acceptors (Lipinski definition) is 6. The van der Waals surface area contributed by atoms with Crippen molar-refractivity contribution >= 4 is 17.9 Å². The highest BCUT2D eigenvalue weighted by atomic mass is 19.3. The van der Waals surface area contributed by atoms with Gasteiger partial charge in [-0.15, -0.1) is 5.10 Å². The van der Waals surface area contributed by atoms with Crippen molar-refractivity contribution < 1.29 is 27.8 Å². The van der Waals surface area contributed by atoms with Crippen LogP contribution in [0.25, 0.3) is 17.5 Å². The number of benzene rings is 2. The van der Waals surface area contributed by atoms with Crippen molar-refractivity contribution in [1.29, 1.82) is 0 Å². The Morgan fingerprint density at radius 1 is 1.19 bits per heavy atom. The number of H-pyrrole nitrogens is 1. The summed E-state index contributed by atoms with van der Waals surface area (Å²) in [6.45, 7) is -0.973. The van der Waals surface area contributed by atoms with Crippen molar-refractivity contribution in [3.8, 4) is 28.6 Å². The number of aromatic amines is 1. The summed E-state index contributed by atoms with van der Waals surface area (Å²) in [5, 5.41) is 9.26. The monoisotopic (exact) mass is 430 g/mol. The third-order valence-electron chi connectivity index (χ3n) is 3.99. The normalized spacial score (nSPS) is 11.0. The van der Waals surface area contributed by atoms with Gasteiger partial charge in [0, 0.05) is 6.08 Å². The summed E-state index contributed by atoms with van der Waals surface area (Å²) >= 11 is 0. The number of halogens is 2. The molecule has 1 heterocycles. The molecule has 0 aliphatic carbocycles. The molecule has 3 rings (SSSR count). The van der Waals surface area contributed by atoms with Crippen LogP contribution in [0.15, 0.2) is 48.5 Å². The van der Waals surface area contributed by atoms with Crippen molar-refractivity contribution in [2.45, 2.75) is 13.5 Å². The Balaban J connectivity index is 1.68. The zero-order valence-corrected chi connectivity index (χ0v) is 16.8. The molecule has 2 aromatic carbocycles. The van der Waals surface area contributed by atoms with E-state index in [1.54, 1.807) is 20.1 Å². The Kier molecular flexibility index (Phi) is 7.15. The lowest BCUT2D eigenvalue weighted by Gasteiger charge is -2.11. The van der Waals surface area contributed by atoms with Crippen LogP contribution in [0.5, 0.6) is 17.2 Å². The van der Waals surface area contributed by atoms with E-state index in [0.717, 1.165) is 0 Å². The van der Waals surface area contributed by atoms with Gasteiger partial charge in [0.2, 0.25) is 5.95 Å². The topological polar surface area (TPSA) is 98.4 Å². The van der Waals surface area contributed by atoms with E-state index in [-0.39, 0.29) is 24.1 Å². The first-order valence-electron chi connectivity index (χ1n) is 9.26. The second kappa shape index (κ2) is 10.2. The van der Waals surface area contributed by atoms with Gasteiger partial charge in [0.15, 0.2) is 17.3 Å². The van der Waals surface area contributed by atoms with E-state index in [2.05, 4.69) is 25.2 Å². The highest BCUT2D eigenvalue weighted by molar-refractivity contribution is 6.01. The largest absolute Gasteiger partial charge is 0.496 e. The number of amides is 1. The van der Waals surface area contributed by atoms with Gasteiger partial charge >= 0.3 is 6.61 Å². The second-order valence-electron chi connectivity index (χ2n) is 6.05. The molecule has 0 saturated carbocycles. The summed E-state index contributed by atoms with van der Waals surface area (Å²) < 4.78 is 40.0. The van der Waals surface area contributed by atoms with E-state index in [9.17, 15) is 13.6 Å². The number of nitrogens with zero attached hydrogens (tertiary/aromatic N) is 2. The maximum Gasteiger partial charge on any atom is 0.387 e. The van der Waals surface area contributed by atoms with E-state index in [1.165, 1.54) is 30.4 Å². The first-order chi connectivity index (χ1) is 15.0. The predicted molar refractivity (Wildman–Crippen MR) is 110 cm³/mol. The number of alkyl halides is 2. The number of rotatable bonds is 9. The molecule has 0 atom stereocenters. The average molecular weight is 430 g/mol. The molecule has 1 aromatic heterocycles. The number of aromatic nitrogens is 3. The van der Waals surface area contributed by atoms with Crippen LogP contribution in [0.1, 0.15) is 12.5 Å². The van der Waals surface area contributed by atoms with Crippen molar-refractivity contribution in [2.24, 2.45) is 0 Å². The van der Waals surface area contributed by atoms with Crippen LogP contribution in [0, 0.1) is 0 Å². The molecule has 162 valence electrons. The van der Waals surface area contributed by atoms with Crippen LogP contribution in [0.4, 0.5) is 14.7 Å². The molecule has 3 aromatic rings. The zero-order chi connectivity index (χ0) is 22.2. The summed E-state index contributed by atoms with van der Waals surface area (Å²) in [6, 6.07) is 11.6. The highest BCUT2D eigenvalue weighted by Gasteiger charge is 2.12. The van der Waals surface area contributed by atoms with Gasteiger partial charge in [-0.25, -0.2) is 0 Å². The second-order valence-corrected chi connectivity index (χ2v) is 6.05. The van der Waals surface area contributed by atoms with E-state index in [0.29, 0.717) is 22.7 Å². The van der Waals surface area contributed by atoms with Crippen LogP contribution in [0.2, 0.25) is 0 Å². The van der Waals surface area contributed by atoms with E-state index < -0.39 is 12.5 Å². The predicted octanol–water partition coefficient (Wildman–Crippen LogP) is 4.13. The van der Waals surface area contributed by atoms with E-state index in [4.69, 9.17) is 9.47 Å². The number of hydrogen-bond donors (Lipinski definition) is 2. The molecule has 0 fully saturated rings. The summed E-state index contributed by atoms with van der Waals surface area (Å²) in [7, 11) is 1.55. The first kappa shape index (κ1) is 21.8. The van der Waals surface area contributed by atoms with Crippen LogP contribution in [0.3, 0.4) is 0 Å². The lowest BCUT2D eigenvalue weighted by molar-refractivity contribution is -0.111. The molecule has 0 unspecified atom stereocenters. The van der Waals surface area contributed by atoms with Gasteiger partial charge < -0.3 is 14.2 Å². The fraction of sp³-hybridized carbons (Fsp3) is 0.190. The summed E-state index contributed by atoms with van der Waals surface area (Å²) in [5.74, 6) is 0.736. The fourth-order valence-corrected chi connectivity index (χ4v) is 2.69. The Bertz CT molecular complexity index is 1070. The van der Waals surface area contributed by atoms with E-state index in [1.807, 2.05) is 18.2 Å². The molecule has 2 N–H and O–H groups in total. The van der Waals surface area contributed by atoms with Gasteiger partial charge in [-0.05, 0) is 42.8 Å². The van der Waals surface area contributed by atoms with Crippen LogP contribution in [-0.2, 0) is 4.79 Å². The number of ether oxygens (including phenoxy) is 3. The number of anilines is 1. The molecule has 0 radical (unpaired) electrons. The Morgan fingerprint density at radius 2 is 2.00 bits per heavy atom. The summed E-state index contributed by atoms with van der Waals surface area (Å²) in [5.41, 5.74) is 1.26. The Labute approximate surface area is 176 Å². The number of methoxy groups -OCH3 is 1. The minimum atomic E-state index is -2.96. The molecule has 10 heteroatoms. The number of nitrogens with one attached hydrogen (secondary N) is 2. The third kappa shape index (κ3) is 5.78. The lowest BCUT2D eigenvalue weighted by Crippen LogP contribution is -2.09. The van der Waals surface area contributed by atoms with Crippen molar-refractivity contribution in [2.75, 3.05) is 19.0 Å². The maximum absolute atomic E-state index is 12.5. The molecule has 0 saturated heterocycles. The van der Waals surface area contributed by atoms with Gasteiger partial charge in [0.1, 0.15) is 5.75 Å². The number of para-hydroxylation sites is 1. The van der Waals surface area contributed by atoms with E-state index >= 15 is 0 Å². The molecule has 8 nitrogen and oxygen atoms in total. The van der Waals surface area contributed by atoms with Crippen molar-refractivity contribution in [1.82, 2.24) is 15.2 Å². The lowest BCUT2D eigenvalue weighted by atomic mass is 10.2. The zero-order valence-electron chi connectivity index (χ0n) is 16.8. The van der Waals surface area contributed by atoms with Crippen molar-refractivity contribution in [3.05, 3.63) is 54.1 Å². The summed E-state index contributed by atoms with van der Waals surface area (Å²) in [6.07, 6.45) is 2.76. The molecule has 1 amide bonds. The molecular formula is C21H20F2N4O4. The van der Waals surface area contributed by atoms with Gasteiger partial charge in [-0.2, -0.15) is 13.8 Å². The Hall–Kier alpha value is -3.95. The quantitative estimate of drug-likeness (QED) is 0.496. The molecule has 0 spiro atoms. The van der Waals surface area contributed by atoms with Crippen LogP contribution in [-0.4, -0.2) is 41.4 Å². The molecule has 0 aliphatic heterocycles. The third-order valence-corrected chi connectivity index (χ3v) is 3.99. The smallest absolute Gasteiger partial charge is 0.387 e.